The second-order valence-corrected chi connectivity index (χ2v) is 4.29. The van der Waals surface area contributed by atoms with Crippen LogP contribution in [0.15, 0.2) is 24.3 Å². The van der Waals surface area contributed by atoms with Crippen molar-refractivity contribution in [3.63, 3.8) is 0 Å². The molecule has 1 atom stereocenters. The number of fused-ring (bicyclic) bond motifs is 1. The van der Waals surface area contributed by atoms with Crippen LogP contribution in [0.1, 0.15) is 24.9 Å². The molecule has 7 heteroatoms. The molecule has 0 saturated heterocycles. The lowest BCUT2D eigenvalue weighted by atomic mass is 9.99. The van der Waals surface area contributed by atoms with Crippen molar-refractivity contribution in [3.8, 4) is 11.5 Å². The third-order valence-corrected chi connectivity index (χ3v) is 2.69. The molecule has 1 aromatic rings. The smallest absolute Gasteiger partial charge is 0.278 e. The summed E-state index contributed by atoms with van der Waals surface area (Å²) in [7, 11) is 0. The lowest BCUT2D eigenvalue weighted by Gasteiger charge is -2.12. The first-order valence-electron chi connectivity index (χ1n) is 5.47. The van der Waals surface area contributed by atoms with Gasteiger partial charge in [-0.3, -0.25) is 10.1 Å². The number of ether oxygens (including phenoxy) is 2. The molecule has 0 spiro atoms. The van der Waals surface area contributed by atoms with E-state index in [0.29, 0.717) is 23.5 Å². The standard InChI is InChI=1S/C12H14N2O4.ClH/c1-7(2)3-9(13)8-4-11-12(18-6-17-11)5-10(8)14(15)16;/h4-5,9H,1,3,6,13H2,2H3;1H/t9-;/m0./s1. The number of halogens is 1. The Bertz CT molecular complexity index is 519. The molecule has 1 heterocycles. The zero-order valence-electron chi connectivity index (χ0n) is 10.4. The maximum Gasteiger partial charge on any atom is 0.278 e. The first kappa shape index (κ1) is 15.3. The predicted octanol–water partition coefficient (Wildman–Crippen LogP) is 2.71. The van der Waals surface area contributed by atoms with Gasteiger partial charge in [0.05, 0.1) is 16.6 Å². The third-order valence-electron chi connectivity index (χ3n) is 2.69. The molecule has 0 fully saturated rings. The van der Waals surface area contributed by atoms with E-state index in [2.05, 4.69) is 6.58 Å². The zero-order valence-corrected chi connectivity index (χ0v) is 11.2. The lowest BCUT2D eigenvalue weighted by Crippen LogP contribution is -2.12. The fourth-order valence-corrected chi connectivity index (χ4v) is 1.89. The second-order valence-electron chi connectivity index (χ2n) is 4.29. The molecule has 2 rings (SSSR count). The number of nitro groups is 1. The average molecular weight is 287 g/mol. The van der Waals surface area contributed by atoms with Crippen molar-refractivity contribution in [1.82, 2.24) is 0 Å². The van der Waals surface area contributed by atoms with Gasteiger partial charge in [-0.05, 0) is 19.4 Å². The molecule has 104 valence electrons. The molecule has 2 N–H and O–H groups in total. The molecule has 0 saturated carbocycles. The highest BCUT2D eigenvalue weighted by Gasteiger charge is 2.26. The van der Waals surface area contributed by atoms with Crippen molar-refractivity contribution in [3.05, 3.63) is 40.0 Å². The zero-order chi connectivity index (χ0) is 13.3. The normalized spacial score (nSPS) is 13.6. The van der Waals surface area contributed by atoms with Crippen LogP contribution in [0.4, 0.5) is 5.69 Å². The fraction of sp³-hybridized carbons (Fsp3) is 0.333. The van der Waals surface area contributed by atoms with Gasteiger partial charge in [0.25, 0.3) is 5.69 Å². The SMILES string of the molecule is C=C(C)C[C@H](N)c1cc2c(cc1[N+](=O)[O-])OCO2.Cl. The van der Waals surface area contributed by atoms with Gasteiger partial charge in [0.15, 0.2) is 11.5 Å². The second kappa shape index (κ2) is 5.90. The van der Waals surface area contributed by atoms with E-state index in [0.717, 1.165) is 5.57 Å². The summed E-state index contributed by atoms with van der Waals surface area (Å²) in [5, 5.41) is 11.0. The molecule has 1 aliphatic heterocycles. The summed E-state index contributed by atoms with van der Waals surface area (Å²) in [6, 6.07) is 2.46. The lowest BCUT2D eigenvalue weighted by molar-refractivity contribution is -0.385. The van der Waals surface area contributed by atoms with E-state index in [-0.39, 0.29) is 24.9 Å². The molecule has 6 nitrogen and oxygen atoms in total. The van der Waals surface area contributed by atoms with Gasteiger partial charge in [0.2, 0.25) is 6.79 Å². The third kappa shape index (κ3) is 3.15. The van der Waals surface area contributed by atoms with E-state index < -0.39 is 11.0 Å². The number of nitrogens with two attached hydrogens (primary N) is 1. The average Bonchev–Trinajstić information content (AvgIpc) is 2.72. The Morgan fingerprint density at radius 1 is 1.53 bits per heavy atom. The van der Waals surface area contributed by atoms with E-state index in [1.807, 2.05) is 6.92 Å². The van der Waals surface area contributed by atoms with Gasteiger partial charge in [-0.15, -0.1) is 19.0 Å². The Balaban J connectivity index is 0.00000180. The van der Waals surface area contributed by atoms with Crippen molar-refractivity contribution < 1.29 is 14.4 Å². The number of nitro benzene ring substituents is 1. The van der Waals surface area contributed by atoms with Crippen LogP contribution in [0.2, 0.25) is 0 Å². The van der Waals surface area contributed by atoms with Gasteiger partial charge in [-0.25, -0.2) is 0 Å². The van der Waals surface area contributed by atoms with Crippen molar-refractivity contribution in [2.45, 2.75) is 19.4 Å². The van der Waals surface area contributed by atoms with Crippen molar-refractivity contribution in [1.29, 1.82) is 0 Å². The highest BCUT2D eigenvalue weighted by Crippen LogP contribution is 2.40. The molecule has 0 amide bonds. The Labute approximate surface area is 116 Å². The number of benzene rings is 1. The highest BCUT2D eigenvalue weighted by molar-refractivity contribution is 5.85. The van der Waals surface area contributed by atoms with Crippen molar-refractivity contribution >= 4 is 18.1 Å². The van der Waals surface area contributed by atoms with Crippen LogP contribution in [-0.4, -0.2) is 11.7 Å². The Kier molecular flexibility index (Phi) is 4.74. The van der Waals surface area contributed by atoms with E-state index in [9.17, 15) is 10.1 Å². The van der Waals surface area contributed by atoms with Crippen LogP contribution in [0.5, 0.6) is 11.5 Å². The summed E-state index contributed by atoms with van der Waals surface area (Å²) < 4.78 is 10.3. The molecular weight excluding hydrogens is 272 g/mol. The summed E-state index contributed by atoms with van der Waals surface area (Å²) in [6.45, 7) is 5.67. The van der Waals surface area contributed by atoms with Gasteiger partial charge in [-0.1, -0.05) is 5.57 Å². The summed E-state index contributed by atoms with van der Waals surface area (Å²) in [5.41, 5.74) is 7.23. The fourth-order valence-electron chi connectivity index (χ4n) is 1.89. The van der Waals surface area contributed by atoms with E-state index in [1.54, 1.807) is 6.07 Å². The Morgan fingerprint density at radius 3 is 2.63 bits per heavy atom. The maximum absolute atomic E-state index is 11.0. The number of hydrogen-bond acceptors (Lipinski definition) is 5. The summed E-state index contributed by atoms with van der Waals surface area (Å²) in [5.74, 6) is 0.876. The van der Waals surface area contributed by atoms with Gasteiger partial charge in [0.1, 0.15) is 0 Å². The van der Waals surface area contributed by atoms with Crippen molar-refractivity contribution in [2.24, 2.45) is 5.73 Å². The van der Waals surface area contributed by atoms with E-state index in [4.69, 9.17) is 15.2 Å². The highest BCUT2D eigenvalue weighted by atomic mass is 35.5. The molecule has 1 aliphatic rings. The first-order chi connectivity index (χ1) is 8.49. The van der Waals surface area contributed by atoms with E-state index in [1.165, 1.54) is 6.07 Å². The summed E-state index contributed by atoms with van der Waals surface area (Å²) in [4.78, 5) is 10.6. The van der Waals surface area contributed by atoms with Crippen LogP contribution in [0.3, 0.4) is 0 Å². The summed E-state index contributed by atoms with van der Waals surface area (Å²) >= 11 is 0. The van der Waals surface area contributed by atoms with Gasteiger partial charge >= 0.3 is 0 Å². The van der Waals surface area contributed by atoms with Crippen molar-refractivity contribution in [2.75, 3.05) is 6.79 Å². The molecular formula is C12H15ClN2O4. The molecule has 0 bridgehead atoms. The molecule has 0 radical (unpaired) electrons. The topological polar surface area (TPSA) is 87.6 Å². The number of nitrogens with zero attached hydrogens (tertiary/aromatic N) is 1. The van der Waals surface area contributed by atoms with Crippen LogP contribution < -0.4 is 15.2 Å². The van der Waals surface area contributed by atoms with Crippen LogP contribution >= 0.6 is 12.4 Å². The van der Waals surface area contributed by atoms with Gasteiger partial charge in [-0.2, -0.15) is 0 Å². The largest absolute Gasteiger partial charge is 0.454 e. The molecule has 0 aromatic heterocycles. The van der Waals surface area contributed by atoms with Gasteiger partial charge in [0, 0.05) is 6.04 Å². The first-order valence-corrected chi connectivity index (χ1v) is 5.47. The number of rotatable bonds is 4. The van der Waals surface area contributed by atoms with Crippen LogP contribution in [-0.2, 0) is 0 Å². The Hall–Kier alpha value is -1.79. The maximum atomic E-state index is 11.0. The molecule has 19 heavy (non-hydrogen) atoms. The minimum atomic E-state index is -0.475. The van der Waals surface area contributed by atoms with Gasteiger partial charge < -0.3 is 15.2 Å². The van der Waals surface area contributed by atoms with Crippen LogP contribution in [0, 0.1) is 10.1 Å². The quantitative estimate of drug-likeness (QED) is 0.522. The predicted molar refractivity (Wildman–Crippen MR) is 72.8 cm³/mol. The molecule has 0 unspecified atom stereocenters. The minimum Gasteiger partial charge on any atom is -0.454 e. The minimum absolute atomic E-state index is 0. The number of hydrogen-bond donors (Lipinski definition) is 1. The molecule has 0 aliphatic carbocycles. The van der Waals surface area contributed by atoms with Crippen LogP contribution in [0.25, 0.3) is 0 Å². The van der Waals surface area contributed by atoms with E-state index >= 15 is 0 Å². The Morgan fingerprint density at radius 2 is 2.11 bits per heavy atom. The molecule has 1 aromatic carbocycles. The summed E-state index contributed by atoms with van der Waals surface area (Å²) in [6.07, 6.45) is 0.487. The monoisotopic (exact) mass is 286 g/mol.